The quantitative estimate of drug-likeness (QED) is 0.789. The van der Waals surface area contributed by atoms with E-state index in [9.17, 15) is 0 Å². The second-order valence-corrected chi connectivity index (χ2v) is 4.72. The summed E-state index contributed by atoms with van der Waals surface area (Å²) in [5, 5.41) is 0. The third-order valence-corrected chi connectivity index (χ3v) is 3.62. The van der Waals surface area contributed by atoms with E-state index in [1.54, 1.807) is 6.20 Å². The maximum atomic E-state index is 6.44. The van der Waals surface area contributed by atoms with Gasteiger partial charge in [-0.15, -0.1) is 0 Å². The Morgan fingerprint density at radius 2 is 2.12 bits per heavy atom. The first-order valence-electron chi connectivity index (χ1n) is 5.76. The van der Waals surface area contributed by atoms with E-state index in [1.807, 2.05) is 19.3 Å². The fraction of sp³-hybridized carbons (Fsp3) is 0.500. The SMILES string of the molecule is Cn1c(C2(N)CCCC2)nc2ccncc21. The fourth-order valence-corrected chi connectivity index (χ4v) is 2.71. The number of aromatic nitrogens is 3. The first-order valence-corrected chi connectivity index (χ1v) is 5.76. The third-order valence-electron chi connectivity index (χ3n) is 3.62. The molecule has 0 aliphatic heterocycles. The van der Waals surface area contributed by atoms with E-state index in [0.717, 1.165) is 29.7 Å². The van der Waals surface area contributed by atoms with Crippen molar-refractivity contribution in [3.8, 4) is 0 Å². The van der Waals surface area contributed by atoms with Gasteiger partial charge in [-0.3, -0.25) is 4.98 Å². The van der Waals surface area contributed by atoms with Crippen LogP contribution in [0.4, 0.5) is 0 Å². The number of hydrogen-bond donors (Lipinski definition) is 1. The molecule has 3 rings (SSSR count). The number of nitrogens with zero attached hydrogens (tertiary/aromatic N) is 3. The molecule has 0 spiro atoms. The van der Waals surface area contributed by atoms with Crippen molar-refractivity contribution in [3.63, 3.8) is 0 Å². The van der Waals surface area contributed by atoms with E-state index in [0.29, 0.717) is 0 Å². The lowest BCUT2D eigenvalue weighted by Gasteiger charge is -2.22. The van der Waals surface area contributed by atoms with Crippen LogP contribution in [-0.2, 0) is 12.6 Å². The van der Waals surface area contributed by atoms with Gasteiger partial charge in [0.05, 0.1) is 22.8 Å². The summed E-state index contributed by atoms with van der Waals surface area (Å²) in [7, 11) is 2.03. The Kier molecular flexibility index (Phi) is 2.01. The van der Waals surface area contributed by atoms with Gasteiger partial charge in [0.1, 0.15) is 5.82 Å². The van der Waals surface area contributed by atoms with Gasteiger partial charge in [0.2, 0.25) is 0 Å². The standard InChI is InChI=1S/C12H16N4/c1-16-10-8-14-7-4-9(10)15-11(16)12(13)5-2-3-6-12/h4,7-8H,2-3,5-6,13H2,1H3. The molecule has 0 amide bonds. The highest BCUT2D eigenvalue weighted by Gasteiger charge is 2.35. The fourth-order valence-electron chi connectivity index (χ4n) is 2.71. The second kappa shape index (κ2) is 3.28. The molecule has 0 bridgehead atoms. The van der Waals surface area contributed by atoms with E-state index in [-0.39, 0.29) is 5.54 Å². The van der Waals surface area contributed by atoms with E-state index >= 15 is 0 Å². The monoisotopic (exact) mass is 216 g/mol. The van der Waals surface area contributed by atoms with Gasteiger partial charge in [0, 0.05) is 13.2 Å². The number of hydrogen-bond acceptors (Lipinski definition) is 3. The van der Waals surface area contributed by atoms with Gasteiger partial charge in [-0.1, -0.05) is 12.8 Å². The molecule has 1 aliphatic carbocycles. The summed E-state index contributed by atoms with van der Waals surface area (Å²) in [5.74, 6) is 1.01. The maximum absolute atomic E-state index is 6.44. The predicted molar refractivity (Wildman–Crippen MR) is 62.8 cm³/mol. The van der Waals surface area contributed by atoms with Gasteiger partial charge in [0.15, 0.2) is 0 Å². The smallest absolute Gasteiger partial charge is 0.129 e. The van der Waals surface area contributed by atoms with Crippen LogP contribution in [0.1, 0.15) is 31.5 Å². The molecule has 0 unspecified atom stereocenters. The average Bonchev–Trinajstić information content (AvgIpc) is 2.86. The third kappa shape index (κ3) is 1.26. The molecule has 4 nitrogen and oxygen atoms in total. The molecule has 0 saturated heterocycles. The van der Waals surface area contributed by atoms with Crippen LogP contribution in [0.5, 0.6) is 0 Å². The topological polar surface area (TPSA) is 56.7 Å². The normalized spacial score (nSPS) is 19.4. The highest BCUT2D eigenvalue weighted by molar-refractivity contribution is 5.74. The largest absolute Gasteiger partial charge is 0.328 e. The Hall–Kier alpha value is -1.42. The zero-order valence-corrected chi connectivity index (χ0v) is 9.48. The molecule has 0 radical (unpaired) electrons. The molecule has 2 N–H and O–H groups in total. The number of nitrogens with two attached hydrogens (primary N) is 1. The lowest BCUT2D eigenvalue weighted by Crippen LogP contribution is -2.36. The van der Waals surface area contributed by atoms with Crippen molar-refractivity contribution >= 4 is 11.0 Å². The van der Waals surface area contributed by atoms with Crippen molar-refractivity contribution < 1.29 is 0 Å². The summed E-state index contributed by atoms with van der Waals surface area (Å²) in [6.45, 7) is 0. The second-order valence-electron chi connectivity index (χ2n) is 4.72. The van der Waals surface area contributed by atoms with Crippen LogP contribution in [0, 0.1) is 0 Å². The van der Waals surface area contributed by atoms with E-state index < -0.39 is 0 Å². The molecule has 2 aromatic rings. The minimum Gasteiger partial charge on any atom is -0.328 e. The average molecular weight is 216 g/mol. The Balaban J connectivity index is 2.20. The predicted octanol–water partition coefficient (Wildman–Crippen LogP) is 1.70. The summed E-state index contributed by atoms with van der Waals surface area (Å²) >= 11 is 0. The minimum absolute atomic E-state index is 0.228. The minimum atomic E-state index is -0.228. The summed E-state index contributed by atoms with van der Waals surface area (Å²) in [4.78, 5) is 8.80. The van der Waals surface area contributed by atoms with Crippen LogP contribution in [0.15, 0.2) is 18.5 Å². The summed E-state index contributed by atoms with van der Waals surface area (Å²) < 4.78 is 2.09. The molecule has 1 aliphatic rings. The van der Waals surface area contributed by atoms with Crippen molar-refractivity contribution in [1.82, 2.24) is 14.5 Å². The molecular formula is C12H16N4. The first-order chi connectivity index (χ1) is 7.71. The van der Waals surface area contributed by atoms with Crippen molar-refractivity contribution in [1.29, 1.82) is 0 Å². The molecule has 0 aromatic carbocycles. The van der Waals surface area contributed by atoms with Gasteiger partial charge in [-0.25, -0.2) is 4.98 Å². The summed E-state index contributed by atoms with van der Waals surface area (Å²) in [5.41, 5.74) is 8.27. The zero-order chi connectivity index (χ0) is 11.2. The lowest BCUT2D eigenvalue weighted by molar-refractivity contribution is 0.420. The number of imidazole rings is 1. The summed E-state index contributed by atoms with van der Waals surface area (Å²) in [6.07, 6.45) is 8.12. The molecule has 1 fully saturated rings. The van der Waals surface area contributed by atoms with Gasteiger partial charge in [-0.05, 0) is 18.9 Å². The van der Waals surface area contributed by atoms with Gasteiger partial charge in [0.25, 0.3) is 0 Å². The van der Waals surface area contributed by atoms with Crippen molar-refractivity contribution in [2.75, 3.05) is 0 Å². The maximum Gasteiger partial charge on any atom is 0.129 e. The Bertz CT molecular complexity index is 523. The van der Waals surface area contributed by atoms with Crippen LogP contribution in [-0.4, -0.2) is 14.5 Å². The van der Waals surface area contributed by atoms with E-state index in [1.165, 1.54) is 12.8 Å². The molecule has 0 atom stereocenters. The van der Waals surface area contributed by atoms with Gasteiger partial charge in [-0.2, -0.15) is 0 Å². The Morgan fingerprint density at radius 1 is 1.38 bits per heavy atom. The van der Waals surface area contributed by atoms with Crippen LogP contribution >= 0.6 is 0 Å². The Morgan fingerprint density at radius 3 is 2.81 bits per heavy atom. The van der Waals surface area contributed by atoms with Gasteiger partial charge < -0.3 is 10.3 Å². The molecular weight excluding hydrogens is 200 g/mol. The van der Waals surface area contributed by atoms with Crippen molar-refractivity contribution in [3.05, 3.63) is 24.3 Å². The van der Waals surface area contributed by atoms with Crippen LogP contribution in [0.2, 0.25) is 0 Å². The van der Waals surface area contributed by atoms with E-state index in [4.69, 9.17) is 5.73 Å². The summed E-state index contributed by atoms with van der Waals surface area (Å²) in [6, 6.07) is 1.94. The number of pyridine rings is 1. The highest BCUT2D eigenvalue weighted by Crippen LogP contribution is 2.36. The molecule has 84 valence electrons. The molecule has 4 heteroatoms. The van der Waals surface area contributed by atoms with Crippen LogP contribution in [0.25, 0.3) is 11.0 Å². The molecule has 2 heterocycles. The van der Waals surface area contributed by atoms with Crippen molar-refractivity contribution in [2.24, 2.45) is 12.8 Å². The highest BCUT2D eigenvalue weighted by atomic mass is 15.1. The molecule has 1 saturated carbocycles. The first kappa shape index (κ1) is 9.78. The lowest BCUT2D eigenvalue weighted by atomic mass is 9.98. The zero-order valence-electron chi connectivity index (χ0n) is 9.48. The molecule has 16 heavy (non-hydrogen) atoms. The number of fused-ring (bicyclic) bond motifs is 1. The van der Waals surface area contributed by atoms with Crippen molar-refractivity contribution in [2.45, 2.75) is 31.2 Å². The van der Waals surface area contributed by atoms with Gasteiger partial charge >= 0.3 is 0 Å². The molecule has 2 aromatic heterocycles. The van der Waals surface area contributed by atoms with E-state index in [2.05, 4.69) is 14.5 Å². The van der Waals surface area contributed by atoms with Crippen LogP contribution < -0.4 is 5.73 Å². The van der Waals surface area contributed by atoms with Crippen LogP contribution in [0.3, 0.4) is 0 Å². The number of rotatable bonds is 1. The Labute approximate surface area is 94.5 Å². The number of aryl methyl sites for hydroxylation is 1.